The van der Waals surface area contributed by atoms with Gasteiger partial charge in [-0.05, 0) is 42.8 Å². The van der Waals surface area contributed by atoms with E-state index in [1.807, 2.05) is 30.3 Å². The van der Waals surface area contributed by atoms with E-state index in [1.165, 1.54) is 0 Å². The molecule has 0 amide bonds. The number of hydrogen-bond donors (Lipinski definition) is 0. The van der Waals surface area contributed by atoms with Crippen molar-refractivity contribution in [3.05, 3.63) is 59.4 Å². The van der Waals surface area contributed by atoms with E-state index in [2.05, 4.69) is 4.98 Å². The Bertz CT molecular complexity index is 650. The summed E-state index contributed by atoms with van der Waals surface area (Å²) in [7, 11) is 1.63. The van der Waals surface area contributed by atoms with Crippen LogP contribution >= 0.6 is 0 Å². The molecule has 2 rings (SSSR count). The Morgan fingerprint density at radius 2 is 2.10 bits per heavy atom. The summed E-state index contributed by atoms with van der Waals surface area (Å²) in [4.78, 5) is 16.1. The fraction of sp³-hybridized carbons (Fsp3) is 0.176. The Labute approximate surface area is 124 Å². The molecule has 1 heterocycles. The fourth-order valence-electron chi connectivity index (χ4n) is 1.85. The molecule has 4 nitrogen and oxygen atoms in total. The van der Waals surface area contributed by atoms with Gasteiger partial charge in [0, 0.05) is 6.20 Å². The van der Waals surface area contributed by atoms with Gasteiger partial charge in [-0.1, -0.05) is 18.2 Å². The second-order valence-corrected chi connectivity index (χ2v) is 4.27. The lowest BCUT2D eigenvalue weighted by molar-refractivity contribution is 0.0525. The molecule has 4 heteroatoms. The van der Waals surface area contributed by atoms with Crippen LogP contribution in [0.15, 0.2) is 42.6 Å². The Hall–Kier alpha value is -2.62. The summed E-state index contributed by atoms with van der Waals surface area (Å²) in [6.07, 6.45) is 5.32. The fourth-order valence-corrected chi connectivity index (χ4v) is 1.85. The number of pyridine rings is 1. The summed E-state index contributed by atoms with van der Waals surface area (Å²) in [5, 5.41) is 0. The molecule has 0 unspecified atom stereocenters. The zero-order valence-electron chi connectivity index (χ0n) is 12.1. The number of carbonyl (C=O) groups excluding carboxylic acids is 1. The van der Waals surface area contributed by atoms with Crippen molar-refractivity contribution in [2.45, 2.75) is 6.92 Å². The van der Waals surface area contributed by atoms with E-state index in [-0.39, 0.29) is 5.97 Å². The minimum absolute atomic E-state index is 0.340. The molecule has 108 valence electrons. The second-order valence-electron chi connectivity index (χ2n) is 4.27. The highest BCUT2D eigenvalue weighted by molar-refractivity contribution is 5.93. The molecular weight excluding hydrogens is 266 g/mol. The first-order chi connectivity index (χ1) is 10.2. The molecule has 0 saturated carbocycles. The highest BCUT2D eigenvalue weighted by atomic mass is 16.5. The van der Waals surface area contributed by atoms with Crippen molar-refractivity contribution in [3.8, 4) is 5.75 Å². The van der Waals surface area contributed by atoms with Gasteiger partial charge in [0.05, 0.1) is 25.0 Å². The maximum Gasteiger partial charge on any atom is 0.340 e. The van der Waals surface area contributed by atoms with Crippen LogP contribution in [0.25, 0.3) is 12.2 Å². The second kappa shape index (κ2) is 7.24. The van der Waals surface area contributed by atoms with Gasteiger partial charge in [0.25, 0.3) is 0 Å². The maximum atomic E-state index is 11.9. The lowest BCUT2D eigenvalue weighted by Crippen LogP contribution is -2.07. The normalized spacial score (nSPS) is 10.6. The number of methoxy groups -OCH3 is 1. The molecule has 2 aromatic rings. The van der Waals surface area contributed by atoms with Gasteiger partial charge >= 0.3 is 5.97 Å². The first kappa shape index (κ1) is 14.8. The SMILES string of the molecule is CCOC(=O)c1cccnc1C=Cc1cccc(OC)c1. The number of carbonyl (C=O) groups is 1. The summed E-state index contributed by atoms with van der Waals surface area (Å²) in [5.74, 6) is 0.416. The van der Waals surface area contributed by atoms with Crippen molar-refractivity contribution in [3.63, 3.8) is 0 Å². The van der Waals surface area contributed by atoms with Gasteiger partial charge in [0.15, 0.2) is 0 Å². The summed E-state index contributed by atoms with van der Waals surface area (Å²) >= 11 is 0. The van der Waals surface area contributed by atoms with Gasteiger partial charge in [0.2, 0.25) is 0 Å². The smallest absolute Gasteiger partial charge is 0.340 e. The Morgan fingerprint density at radius 3 is 2.86 bits per heavy atom. The minimum Gasteiger partial charge on any atom is -0.497 e. The van der Waals surface area contributed by atoms with Gasteiger partial charge in [-0.2, -0.15) is 0 Å². The third-order valence-electron chi connectivity index (χ3n) is 2.86. The molecule has 0 aliphatic rings. The lowest BCUT2D eigenvalue weighted by Gasteiger charge is -2.04. The molecule has 0 N–H and O–H groups in total. The van der Waals surface area contributed by atoms with Crippen molar-refractivity contribution in [2.75, 3.05) is 13.7 Å². The van der Waals surface area contributed by atoms with Crippen molar-refractivity contribution in [1.29, 1.82) is 0 Å². The molecule has 0 radical (unpaired) electrons. The van der Waals surface area contributed by atoms with Gasteiger partial charge in [-0.15, -0.1) is 0 Å². The van der Waals surface area contributed by atoms with Crippen molar-refractivity contribution in [2.24, 2.45) is 0 Å². The molecule has 1 aromatic heterocycles. The highest BCUT2D eigenvalue weighted by Crippen LogP contribution is 2.16. The van der Waals surface area contributed by atoms with Gasteiger partial charge in [-0.3, -0.25) is 4.98 Å². The molecule has 0 aliphatic carbocycles. The van der Waals surface area contributed by atoms with E-state index in [0.29, 0.717) is 17.9 Å². The number of esters is 1. The molecule has 0 spiro atoms. The molecule has 21 heavy (non-hydrogen) atoms. The standard InChI is InChI=1S/C17H17NO3/c1-3-21-17(19)15-8-5-11-18-16(15)10-9-13-6-4-7-14(12-13)20-2/h4-12H,3H2,1-2H3. The molecular formula is C17H17NO3. The highest BCUT2D eigenvalue weighted by Gasteiger charge is 2.10. The number of benzene rings is 1. The van der Waals surface area contributed by atoms with E-state index in [9.17, 15) is 4.79 Å². The summed E-state index contributed by atoms with van der Waals surface area (Å²) in [5.41, 5.74) is 2.01. The van der Waals surface area contributed by atoms with E-state index in [0.717, 1.165) is 11.3 Å². The number of rotatable bonds is 5. The third kappa shape index (κ3) is 3.92. The Kier molecular flexibility index (Phi) is 5.10. The van der Waals surface area contributed by atoms with Crippen LogP contribution in [-0.2, 0) is 4.74 Å². The summed E-state index contributed by atoms with van der Waals surface area (Å²) < 4.78 is 10.2. The van der Waals surface area contributed by atoms with Crippen molar-refractivity contribution in [1.82, 2.24) is 4.98 Å². The molecule has 1 aromatic carbocycles. The van der Waals surface area contributed by atoms with Gasteiger partial charge < -0.3 is 9.47 Å². The molecule has 0 aliphatic heterocycles. The molecule has 0 bridgehead atoms. The minimum atomic E-state index is -0.365. The van der Waals surface area contributed by atoms with E-state index < -0.39 is 0 Å². The van der Waals surface area contributed by atoms with Crippen molar-refractivity contribution < 1.29 is 14.3 Å². The first-order valence-electron chi connectivity index (χ1n) is 6.69. The zero-order valence-corrected chi connectivity index (χ0v) is 12.1. The maximum absolute atomic E-state index is 11.9. The average molecular weight is 283 g/mol. The van der Waals surface area contributed by atoms with Crippen LogP contribution in [0.5, 0.6) is 5.75 Å². The number of ether oxygens (including phenoxy) is 2. The van der Waals surface area contributed by atoms with Crippen molar-refractivity contribution >= 4 is 18.1 Å². The first-order valence-corrected chi connectivity index (χ1v) is 6.69. The van der Waals surface area contributed by atoms with E-state index in [4.69, 9.17) is 9.47 Å². The average Bonchev–Trinajstić information content (AvgIpc) is 2.53. The van der Waals surface area contributed by atoms with Crippen LogP contribution in [0.4, 0.5) is 0 Å². The van der Waals surface area contributed by atoms with Crippen LogP contribution in [0.2, 0.25) is 0 Å². The largest absolute Gasteiger partial charge is 0.497 e. The van der Waals surface area contributed by atoms with E-state index in [1.54, 1.807) is 38.4 Å². The number of nitrogens with zero attached hydrogens (tertiary/aromatic N) is 1. The Morgan fingerprint density at radius 1 is 1.24 bits per heavy atom. The van der Waals surface area contributed by atoms with Gasteiger partial charge in [0.1, 0.15) is 5.75 Å². The van der Waals surface area contributed by atoms with Crippen LogP contribution in [0, 0.1) is 0 Å². The Balaban J connectivity index is 2.26. The molecule has 0 saturated heterocycles. The predicted molar refractivity (Wildman–Crippen MR) is 82.1 cm³/mol. The van der Waals surface area contributed by atoms with E-state index >= 15 is 0 Å². The van der Waals surface area contributed by atoms with Crippen LogP contribution < -0.4 is 4.74 Å². The van der Waals surface area contributed by atoms with Crippen LogP contribution in [-0.4, -0.2) is 24.7 Å². The topological polar surface area (TPSA) is 48.4 Å². The predicted octanol–water partition coefficient (Wildman–Crippen LogP) is 3.44. The summed E-state index contributed by atoms with van der Waals surface area (Å²) in [6.45, 7) is 2.12. The monoisotopic (exact) mass is 283 g/mol. The summed E-state index contributed by atoms with van der Waals surface area (Å²) in [6, 6.07) is 11.1. The number of aromatic nitrogens is 1. The molecule has 0 fully saturated rings. The zero-order chi connectivity index (χ0) is 15.1. The molecule has 0 atom stereocenters. The lowest BCUT2D eigenvalue weighted by atomic mass is 10.1. The third-order valence-corrected chi connectivity index (χ3v) is 2.86. The number of hydrogen-bond acceptors (Lipinski definition) is 4. The quantitative estimate of drug-likeness (QED) is 0.789. The van der Waals surface area contributed by atoms with Crippen LogP contribution in [0.1, 0.15) is 28.5 Å². The van der Waals surface area contributed by atoms with Gasteiger partial charge in [-0.25, -0.2) is 4.79 Å². The van der Waals surface area contributed by atoms with Crippen LogP contribution in [0.3, 0.4) is 0 Å².